The maximum atomic E-state index is 13.2. The van der Waals surface area contributed by atoms with Crippen molar-refractivity contribution in [3.05, 3.63) is 29.8 Å². The Hall–Kier alpha value is -1.89. The number of nitrogens with zero attached hydrogens (tertiary/aromatic N) is 3. The third-order valence-electron chi connectivity index (χ3n) is 2.17. The van der Waals surface area contributed by atoms with Gasteiger partial charge in [0.15, 0.2) is 0 Å². The molecule has 0 saturated carbocycles. The molecule has 0 atom stereocenters. The molecule has 0 bridgehead atoms. The molecule has 1 heterocycles. The summed E-state index contributed by atoms with van der Waals surface area (Å²) in [6.07, 6.45) is 1.64. The summed E-state index contributed by atoms with van der Waals surface area (Å²) < 4.78 is 15.0. The van der Waals surface area contributed by atoms with Crippen LogP contribution in [0.2, 0.25) is 0 Å². The quantitative estimate of drug-likeness (QED) is 0.689. The van der Waals surface area contributed by atoms with Gasteiger partial charge in [0.1, 0.15) is 11.9 Å². The van der Waals surface area contributed by atoms with Gasteiger partial charge in [0.2, 0.25) is 0 Å². The first-order chi connectivity index (χ1) is 6.76. The summed E-state index contributed by atoms with van der Waals surface area (Å²) in [7, 11) is 0. The Balaban J connectivity index is 2.78. The molecule has 3 nitrogen and oxygen atoms in total. The Labute approximate surface area is 80.4 Å². The summed E-state index contributed by atoms with van der Waals surface area (Å²) >= 11 is 0. The van der Waals surface area contributed by atoms with E-state index in [9.17, 15) is 4.39 Å². The number of imidazole rings is 1. The molecule has 0 aliphatic carbocycles. The zero-order chi connectivity index (χ0) is 10.1. The predicted octanol–water partition coefficient (Wildman–Crippen LogP) is 2.07. The minimum Gasteiger partial charge on any atom is -0.331 e. The molecule has 0 saturated heterocycles. The van der Waals surface area contributed by atoms with Crippen LogP contribution in [-0.4, -0.2) is 9.55 Å². The fraction of sp³-hybridized carbons (Fsp3) is 0.200. The van der Waals surface area contributed by atoms with Gasteiger partial charge in [-0.25, -0.2) is 9.37 Å². The Morgan fingerprint density at radius 1 is 1.57 bits per heavy atom. The molecule has 1 aromatic carbocycles. The van der Waals surface area contributed by atoms with Crippen molar-refractivity contribution in [3.63, 3.8) is 0 Å². The van der Waals surface area contributed by atoms with Gasteiger partial charge in [0, 0.05) is 12.6 Å². The molecular formula is C10H8FN3. The first-order valence-corrected chi connectivity index (χ1v) is 4.30. The summed E-state index contributed by atoms with van der Waals surface area (Å²) in [6.45, 7) is 2.73. The van der Waals surface area contributed by atoms with Crippen molar-refractivity contribution in [1.29, 1.82) is 5.26 Å². The topological polar surface area (TPSA) is 41.6 Å². The number of hydrogen-bond donors (Lipinski definition) is 0. The lowest BCUT2D eigenvalue weighted by Crippen LogP contribution is -1.92. The molecule has 2 rings (SSSR count). The first kappa shape index (κ1) is 8.70. The highest BCUT2D eigenvalue weighted by Crippen LogP contribution is 2.17. The highest BCUT2D eigenvalue weighted by atomic mass is 19.1. The number of fused-ring (bicyclic) bond motifs is 1. The van der Waals surface area contributed by atoms with E-state index in [0.29, 0.717) is 5.52 Å². The molecule has 1 aromatic heterocycles. The fourth-order valence-corrected chi connectivity index (χ4v) is 1.42. The van der Waals surface area contributed by atoms with Crippen molar-refractivity contribution >= 4 is 11.0 Å². The molecule has 0 unspecified atom stereocenters. The number of rotatable bonds is 1. The Kier molecular flexibility index (Phi) is 1.93. The summed E-state index contributed by atoms with van der Waals surface area (Å²) in [5.74, 6) is -0.513. The molecule has 14 heavy (non-hydrogen) atoms. The Morgan fingerprint density at radius 2 is 2.36 bits per heavy atom. The normalized spacial score (nSPS) is 10.4. The van der Waals surface area contributed by atoms with Crippen LogP contribution in [0.15, 0.2) is 18.5 Å². The number of aryl methyl sites for hydroxylation is 1. The van der Waals surface area contributed by atoms with E-state index >= 15 is 0 Å². The lowest BCUT2D eigenvalue weighted by atomic mass is 10.2. The van der Waals surface area contributed by atoms with Gasteiger partial charge in [-0.1, -0.05) is 0 Å². The molecule has 0 aliphatic heterocycles. The lowest BCUT2D eigenvalue weighted by Gasteiger charge is -1.99. The van der Waals surface area contributed by atoms with E-state index < -0.39 is 5.82 Å². The Bertz CT molecular complexity index is 522. The van der Waals surface area contributed by atoms with Gasteiger partial charge < -0.3 is 4.57 Å². The van der Waals surface area contributed by atoms with Crippen molar-refractivity contribution in [2.24, 2.45) is 0 Å². The second kappa shape index (κ2) is 3.11. The van der Waals surface area contributed by atoms with Gasteiger partial charge in [-0.3, -0.25) is 0 Å². The summed E-state index contributed by atoms with van der Waals surface area (Å²) in [5.41, 5.74) is 1.45. The van der Waals surface area contributed by atoms with E-state index in [1.165, 1.54) is 12.1 Å². The van der Waals surface area contributed by atoms with Gasteiger partial charge in [-0.2, -0.15) is 5.26 Å². The van der Waals surface area contributed by atoms with E-state index in [1.807, 2.05) is 17.6 Å². The number of hydrogen-bond acceptors (Lipinski definition) is 2. The summed E-state index contributed by atoms with van der Waals surface area (Å²) in [6, 6.07) is 4.63. The van der Waals surface area contributed by atoms with Crippen molar-refractivity contribution in [2.45, 2.75) is 13.5 Å². The molecule has 0 fully saturated rings. The third-order valence-corrected chi connectivity index (χ3v) is 2.17. The van der Waals surface area contributed by atoms with Crippen molar-refractivity contribution in [1.82, 2.24) is 9.55 Å². The molecule has 0 amide bonds. The molecule has 2 aromatic rings. The molecule has 0 aliphatic rings. The zero-order valence-corrected chi connectivity index (χ0v) is 7.66. The minimum absolute atomic E-state index is 0.0627. The summed E-state index contributed by atoms with van der Waals surface area (Å²) in [4.78, 5) is 4.04. The maximum absolute atomic E-state index is 13.2. The largest absolute Gasteiger partial charge is 0.331 e. The molecule has 4 heteroatoms. The zero-order valence-electron chi connectivity index (χ0n) is 7.66. The standard InChI is InChI=1S/C10H8FN3/c1-2-14-6-13-9-4-8(11)7(5-12)3-10(9)14/h3-4,6H,2H2,1H3. The minimum atomic E-state index is -0.513. The van der Waals surface area contributed by atoms with Gasteiger partial charge >= 0.3 is 0 Å². The average Bonchev–Trinajstić information content (AvgIpc) is 2.58. The molecule has 0 spiro atoms. The first-order valence-electron chi connectivity index (χ1n) is 4.30. The number of halogens is 1. The van der Waals surface area contributed by atoms with Crippen LogP contribution in [-0.2, 0) is 6.54 Å². The fourth-order valence-electron chi connectivity index (χ4n) is 1.42. The molecule has 0 radical (unpaired) electrons. The Morgan fingerprint density at radius 3 is 3.00 bits per heavy atom. The van der Waals surface area contributed by atoms with Crippen LogP contribution in [0, 0.1) is 17.1 Å². The average molecular weight is 189 g/mol. The molecule has 0 N–H and O–H groups in total. The van der Waals surface area contributed by atoms with Crippen LogP contribution in [0.25, 0.3) is 11.0 Å². The van der Waals surface area contributed by atoms with E-state index in [0.717, 1.165) is 12.1 Å². The number of aromatic nitrogens is 2. The highest BCUT2D eigenvalue weighted by molar-refractivity contribution is 5.77. The molecular weight excluding hydrogens is 181 g/mol. The van der Waals surface area contributed by atoms with Gasteiger partial charge in [-0.15, -0.1) is 0 Å². The van der Waals surface area contributed by atoms with E-state index in [1.54, 1.807) is 6.33 Å². The van der Waals surface area contributed by atoms with Crippen LogP contribution in [0.4, 0.5) is 4.39 Å². The smallest absolute Gasteiger partial charge is 0.143 e. The second-order valence-corrected chi connectivity index (χ2v) is 2.96. The van der Waals surface area contributed by atoms with Crippen LogP contribution < -0.4 is 0 Å². The van der Waals surface area contributed by atoms with E-state index in [2.05, 4.69) is 4.98 Å². The van der Waals surface area contributed by atoms with Crippen LogP contribution in [0.3, 0.4) is 0 Å². The highest BCUT2D eigenvalue weighted by Gasteiger charge is 2.07. The van der Waals surface area contributed by atoms with Crippen LogP contribution >= 0.6 is 0 Å². The van der Waals surface area contributed by atoms with Crippen molar-refractivity contribution < 1.29 is 4.39 Å². The number of benzene rings is 1. The van der Waals surface area contributed by atoms with Gasteiger partial charge in [0.05, 0.1) is 22.9 Å². The van der Waals surface area contributed by atoms with E-state index in [-0.39, 0.29) is 5.56 Å². The lowest BCUT2D eigenvalue weighted by molar-refractivity contribution is 0.625. The van der Waals surface area contributed by atoms with E-state index in [4.69, 9.17) is 5.26 Å². The SMILES string of the molecule is CCn1cnc2cc(F)c(C#N)cc21. The van der Waals surface area contributed by atoms with Gasteiger partial charge in [-0.05, 0) is 13.0 Å². The third kappa shape index (κ3) is 1.14. The maximum Gasteiger partial charge on any atom is 0.143 e. The van der Waals surface area contributed by atoms with Crippen molar-refractivity contribution in [3.8, 4) is 6.07 Å². The monoisotopic (exact) mass is 189 g/mol. The molecule has 70 valence electrons. The summed E-state index contributed by atoms with van der Waals surface area (Å²) in [5, 5.41) is 8.66. The predicted molar refractivity (Wildman–Crippen MR) is 50.1 cm³/mol. The van der Waals surface area contributed by atoms with Crippen LogP contribution in [0.1, 0.15) is 12.5 Å². The van der Waals surface area contributed by atoms with Crippen LogP contribution in [0.5, 0.6) is 0 Å². The number of nitriles is 1. The van der Waals surface area contributed by atoms with Crippen molar-refractivity contribution in [2.75, 3.05) is 0 Å². The second-order valence-electron chi connectivity index (χ2n) is 2.96. The van der Waals surface area contributed by atoms with Gasteiger partial charge in [0.25, 0.3) is 0 Å².